The zero-order valence-electron chi connectivity index (χ0n) is 11.0. The molecule has 0 aliphatic carbocycles. The van der Waals surface area contributed by atoms with E-state index in [2.05, 4.69) is 23.6 Å². The minimum atomic E-state index is 0.247. The summed E-state index contributed by atoms with van der Waals surface area (Å²) in [6, 6.07) is 6.29. The number of aryl methyl sites for hydroxylation is 1. The van der Waals surface area contributed by atoms with Gasteiger partial charge in [-0.1, -0.05) is 13.8 Å². The Bertz CT molecular complexity index is 524. The Balaban J connectivity index is 2.04. The van der Waals surface area contributed by atoms with E-state index >= 15 is 0 Å². The van der Waals surface area contributed by atoms with Gasteiger partial charge < -0.3 is 4.57 Å². The first-order valence-corrected chi connectivity index (χ1v) is 7.31. The third-order valence-corrected chi connectivity index (χ3v) is 4.17. The Hall–Kier alpha value is -1.35. The fraction of sp³-hybridized carbons (Fsp3) is 0.400. The third-order valence-electron chi connectivity index (χ3n) is 2.95. The van der Waals surface area contributed by atoms with Gasteiger partial charge in [-0.05, 0) is 31.0 Å². The molecule has 0 saturated heterocycles. The molecule has 2 aromatic rings. The molecule has 2 heterocycles. The quantitative estimate of drug-likeness (QED) is 0.716. The summed E-state index contributed by atoms with van der Waals surface area (Å²) in [5, 5.41) is 0. The van der Waals surface area contributed by atoms with E-state index in [0.29, 0.717) is 6.42 Å². The number of rotatable bonds is 6. The first-order valence-electron chi connectivity index (χ1n) is 6.49. The monoisotopic (exact) mass is 261 g/mol. The van der Waals surface area contributed by atoms with Crippen molar-refractivity contribution >= 4 is 17.1 Å². The number of thiophene rings is 1. The summed E-state index contributed by atoms with van der Waals surface area (Å²) < 4.78 is 2.09. The number of hydrogen-bond acceptors (Lipinski definition) is 2. The number of nitrogens with zero attached hydrogens (tertiary/aromatic N) is 1. The number of Topliss-reactive ketones (excluding diaryl/α,β-unsaturated/α-hetero) is 1. The van der Waals surface area contributed by atoms with Crippen LogP contribution in [-0.4, -0.2) is 10.4 Å². The standard InChI is InChI=1S/C15H19NOS/c1-3-5-15(17)12-8-9-16(10-12)11-14-7-6-13(4-2)18-14/h6-10H,3-5,11H2,1-2H3. The van der Waals surface area contributed by atoms with Crippen molar-refractivity contribution < 1.29 is 4.79 Å². The van der Waals surface area contributed by atoms with Crippen LogP contribution >= 0.6 is 11.3 Å². The summed E-state index contributed by atoms with van der Waals surface area (Å²) in [5.74, 6) is 0.247. The number of ketones is 1. The molecule has 0 fully saturated rings. The van der Waals surface area contributed by atoms with Crippen molar-refractivity contribution in [2.45, 2.75) is 39.7 Å². The van der Waals surface area contributed by atoms with Crippen LogP contribution < -0.4 is 0 Å². The first kappa shape index (κ1) is 13.1. The Kier molecular flexibility index (Phi) is 4.37. The highest BCUT2D eigenvalue weighted by atomic mass is 32.1. The van der Waals surface area contributed by atoms with Crippen molar-refractivity contribution in [1.29, 1.82) is 0 Å². The largest absolute Gasteiger partial charge is 0.348 e. The minimum absolute atomic E-state index is 0.247. The molecule has 0 saturated carbocycles. The molecule has 0 aromatic carbocycles. The summed E-state index contributed by atoms with van der Waals surface area (Å²) in [5.41, 5.74) is 0.837. The van der Waals surface area contributed by atoms with Gasteiger partial charge in [-0.25, -0.2) is 0 Å². The summed E-state index contributed by atoms with van der Waals surface area (Å²) in [6.07, 6.45) is 6.60. The van der Waals surface area contributed by atoms with E-state index in [1.807, 2.05) is 36.7 Å². The van der Waals surface area contributed by atoms with Crippen molar-refractivity contribution in [2.75, 3.05) is 0 Å². The van der Waals surface area contributed by atoms with Gasteiger partial charge >= 0.3 is 0 Å². The second kappa shape index (κ2) is 6.01. The molecule has 18 heavy (non-hydrogen) atoms. The van der Waals surface area contributed by atoms with Crippen molar-refractivity contribution in [3.8, 4) is 0 Å². The van der Waals surface area contributed by atoms with Gasteiger partial charge in [0.25, 0.3) is 0 Å². The predicted octanol–water partition coefficient (Wildman–Crippen LogP) is 4.14. The molecule has 3 heteroatoms. The van der Waals surface area contributed by atoms with Crippen LogP contribution in [0, 0.1) is 0 Å². The maximum absolute atomic E-state index is 11.8. The number of carbonyl (C=O) groups excluding carboxylic acids is 1. The fourth-order valence-electron chi connectivity index (χ4n) is 1.95. The maximum atomic E-state index is 11.8. The average Bonchev–Trinajstić information content (AvgIpc) is 2.99. The topological polar surface area (TPSA) is 22.0 Å². The lowest BCUT2D eigenvalue weighted by Crippen LogP contribution is -1.97. The van der Waals surface area contributed by atoms with Crippen LogP contribution in [0.2, 0.25) is 0 Å². The molecule has 0 atom stereocenters. The van der Waals surface area contributed by atoms with Gasteiger partial charge in [0.05, 0.1) is 6.54 Å². The minimum Gasteiger partial charge on any atom is -0.348 e. The molecule has 2 aromatic heterocycles. The highest BCUT2D eigenvalue weighted by molar-refractivity contribution is 7.11. The van der Waals surface area contributed by atoms with Gasteiger partial charge in [-0.3, -0.25) is 4.79 Å². The lowest BCUT2D eigenvalue weighted by Gasteiger charge is -1.99. The smallest absolute Gasteiger partial charge is 0.164 e. The normalized spacial score (nSPS) is 10.8. The van der Waals surface area contributed by atoms with Crippen LogP contribution in [0.5, 0.6) is 0 Å². The molecule has 0 aliphatic heterocycles. The van der Waals surface area contributed by atoms with Gasteiger partial charge in [0.15, 0.2) is 5.78 Å². The molecule has 0 amide bonds. The number of carbonyl (C=O) groups is 1. The van der Waals surface area contributed by atoms with Gasteiger partial charge in [0.2, 0.25) is 0 Å². The summed E-state index contributed by atoms with van der Waals surface area (Å²) in [7, 11) is 0. The Morgan fingerprint density at radius 1 is 1.22 bits per heavy atom. The van der Waals surface area contributed by atoms with Crippen molar-refractivity contribution in [2.24, 2.45) is 0 Å². The molecular weight excluding hydrogens is 242 g/mol. The van der Waals surface area contributed by atoms with E-state index < -0.39 is 0 Å². The van der Waals surface area contributed by atoms with E-state index in [4.69, 9.17) is 0 Å². The second-order valence-electron chi connectivity index (χ2n) is 4.47. The van der Waals surface area contributed by atoms with E-state index in [1.54, 1.807) is 0 Å². The second-order valence-corrected chi connectivity index (χ2v) is 5.72. The lowest BCUT2D eigenvalue weighted by molar-refractivity contribution is 0.0981. The van der Waals surface area contributed by atoms with Gasteiger partial charge in [-0.15, -0.1) is 11.3 Å². The maximum Gasteiger partial charge on any atom is 0.164 e. The zero-order chi connectivity index (χ0) is 13.0. The molecule has 0 unspecified atom stereocenters. The van der Waals surface area contributed by atoms with Crippen LogP contribution in [0.15, 0.2) is 30.6 Å². The average molecular weight is 261 g/mol. The van der Waals surface area contributed by atoms with E-state index in [1.165, 1.54) is 9.75 Å². The summed E-state index contributed by atoms with van der Waals surface area (Å²) in [4.78, 5) is 14.5. The summed E-state index contributed by atoms with van der Waals surface area (Å²) in [6.45, 7) is 5.07. The van der Waals surface area contributed by atoms with Crippen LogP contribution in [0.1, 0.15) is 46.8 Å². The predicted molar refractivity (Wildman–Crippen MR) is 76.5 cm³/mol. The van der Waals surface area contributed by atoms with Crippen molar-refractivity contribution in [1.82, 2.24) is 4.57 Å². The van der Waals surface area contributed by atoms with E-state index in [9.17, 15) is 4.79 Å². The van der Waals surface area contributed by atoms with Crippen molar-refractivity contribution in [3.63, 3.8) is 0 Å². The highest BCUT2D eigenvalue weighted by Crippen LogP contribution is 2.18. The Labute approximate surface area is 112 Å². The molecule has 96 valence electrons. The Morgan fingerprint density at radius 2 is 2.00 bits per heavy atom. The van der Waals surface area contributed by atoms with Crippen LogP contribution in [-0.2, 0) is 13.0 Å². The van der Waals surface area contributed by atoms with Crippen LogP contribution in [0.4, 0.5) is 0 Å². The lowest BCUT2D eigenvalue weighted by atomic mass is 10.1. The fourth-order valence-corrected chi connectivity index (χ4v) is 2.92. The van der Waals surface area contributed by atoms with Crippen molar-refractivity contribution in [3.05, 3.63) is 45.9 Å². The SMILES string of the molecule is CCCC(=O)c1ccn(Cc2ccc(CC)s2)c1. The van der Waals surface area contributed by atoms with Crippen LogP contribution in [0.25, 0.3) is 0 Å². The van der Waals surface area contributed by atoms with Gasteiger partial charge in [0.1, 0.15) is 0 Å². The van der Waals surface area contributed by atoms with Gasteiger partial charge in [-0.2, -0.15) is 0 Å². The Morgan fingerprint density at radius 3 is 2.67 bits per heavy atom. The summed E-state index contributed by atoms with van der Waals surface area (Å²) >= 11 is 1.85. The molecular formula is C15H19NOS. The molecule has 0 bridgehead atoms. The molecule has 0 N–H and O–H groups in total. The molecule has 2 rings (SSSR count). The number of hydrogen-bond donors (Lipinski definition) is 0. The zero-order valence-corrected chi connectivity index (χ0v) is 11.8. The third kappa shape index (κ3) is 3.10. The molecule has 2 nitrogen and oxygen atoms in total. The number of aromatic nitrogens is 1. The van der Waals surface area contributed by atoms with E-state index in [-0.39, 0.29) is 5.78 Å². The molecule has 0 radical (unpaired) electrons. The van der Waals surface area contributed by atoms with Gasteiger partial charge in [0, 0.05) is 34.1 Å². The molecule has 0 aliphatic rings. The molecule has 0 spiro atoms. The van der Waals surface area contributed by atoms with E-state index in [0.717, 1.165) is 24.9 Å². The first-order chi connectivity index (χ1) is 8.72. The highest BCUT2D eigenvalue weighted by Gasteiger charge is 2.07. The van der Waals surface area contributed by atoms with Crippen LogP contribution in [0.3, 0.4) is 0 Å².